The Balaban J connectivity index is 1.11. The van der Waals surface area contributed by atoms with Crippen molar-refractivity contribution in [2.24, 2.45) is 0 Å². The van der Waals surface area contributed by atoms with Crippen LogP contribution in [0, 0.1) is 11.6 Å². The van der Waals surface area contributed by atoms with E-state index in [1.165, 1.54) is 24.3 Å². The van der Waals surface area contributed by atoms with E-state index in [0.717, 1.165) is 24.2 Å². The molecule has 11 heteroatoms. The maximum atomic E-state index is 13.5. The molecule has 0 amide bonds. The van der Waals surface area contributed by atoms with Crippen LogP contribution in [0.1, 0.15) is 24.0 Å². The molecular weight excluding hydrogens is 534 g/mol. The number of rotatable bonds is 10. The minimum Gasteiger partial charge on any atom is -0.350 e. The van der Waals surface area contributed by atoms with Gasteiger partial charge in [0.05, 0.1) is 4.90 Å². The SMILES string of the molecule is O=S(=O)(NC1CCN(Cc2cccc(F)c2)CC1)c1ccc(CNc2nccc(Nc3ccc(F)cc3)n2)cc1. The summed E-state index contributed by atoms with van der Waals surface area (Å²) in [6, 6.07) is 20.8. The molecule has 0 radical (unpaired) electrons. The maximum Gasteiger partial charge on any atom is 0.240 e. The van der Waals surface area contributed by atoms with Crippen LogP contribution < -0.4 is 15.4 Å². The molecule has 1 aliphatic rings. The zero-order valence-electron chi connectivity index (χ0n) is 21.7. The Hall–Kier alpha value is -3.93. The van der Waals surface area contributed by atoms with Crippen molar-refractivity contribution < 1.29 is 17.2 Å². The summed E-state index contributed by atoms with van der Waals surface area (Å²) in [6.07, 6.45) is 2.98. The van der Waals surface area contributed by atoms with Gasteiger partial charge in [-0.1, -0.05) is 24.3 Å². The fraction of sp³-hybridized carbons (Fsp3) is 0.241. The smallest absolute Gasteiger partial charge is 0.240 e. The van der Waals surface area contributed by atoms with Crippen molar-refractivity contribution in [1.29, 1.82) is 0 Å². The van der Waals surface area contributed by atoms with E-state index in [1.807, 2.05) is 6.07 Å². The van der Waals surface area contributed by atoms with Crippen molar-refractivity contribution >= 4 is 27.5 Å². The van der Waals surface area contributed by atoms with Gasteiger partial charge in [-0.15, -0.1) is 0 Å². The molecule has 4 aromatic rings. The molecule has 0 atom stereocenters. The van der Waals surface area contributed by atoms with Crippen molar-refractivity contribution in [2.75, 3.05) is 23.7 Å². The van der Waals surface area contributed by atoms with Crippen molar-refractivity contribution in [3.8, 4) is 0 Å². The standard InChI is InChI=1S/C29H30F2N6O2S/c30-23-6-8-25(9-7-23)34-28-12-15-32-29(35-28)33-19-21-4-10-27(11-5-21)40(38,39)36-26-13-16-37(17-14-26)20-22-2-1-3-24(31)18-22/h1-12,15,18,26,36H,13-14,16-17,19-20H2,(H2,32,33,34,35). The predicted octanol–water partition coefficient (Wildman–Crippen LogP) is 5.05. The number of hydrogen-bond acceptors (Lipinski definition) is 7. The third-order valence-electron chi connectivity index (χ3n) is 6.66. The molecule has 2 heterocycles. The molecule has 0 unspecified atom stereocenters. The van der Waals surface area contributed by atoms with Crippen molar-refractivity contribution in [3.05, 3.63) is 108 Å². The molecule has 1 aliphatic heterocycles. The molecule has 1 saturated heterocycles. The fourth-order valence-electron chi connectivity index (χ4n) is 4.55. The summed E-state index contributed by atoms with van der Waals surface area (Å²) >= 11 is 0. The summed E-state index contributed by atoms with van der Waals surface area (Å²) < 4.78 is 55.4. The lowest BCUT2D eigenvalue weighted by Crippen LogP contribution is -2.44. The van der Waals surface area contributed by atoms with E-state index in [0.29, 0.717) is 43.4 Å². The summed E-state index contributed by atoms with van der Waals surface area (Å²) in [5.41, 5.74) is 2.48. The molecule has 0 bridgehead atoms. The average Bonchev–Trinajstić information content (AvgIpc) is 2.95. The van der Waals surface area contributed by atoms with Gasteiger partial charge in [0.1, 0.15) is 17.5 Å². The van der Waals surface area contributed by atoms with Crippen LogP contribution in [0.3, 0.4) is 0 Å². The summed E-state index contributed by atoms with van der Waals surface area (Å²) in [7, 11) is -3.66. The van der Waals surface area contributed by atoms with E-state index in [-0.39, 0.29) is 22.6 Å². The highest BCUT2D eigenvalue weighted by Crippen LogP contribution is 2.19. The number of piperidine rings is 1. The highest BCUT2D eigenvalue weighted by Gasteiger charge is 2.24. The lowest BCUT2D eigenvalue weighted by Gasteiger charge is -2.32. The van der Waals surface area contributed by atoms with E-state index in [9.17, 15) is 17.2 Å². The third-order valence-corrected chi connectivity index (χ3v) is 8.20. The van der Waals surface area contributed by atoms with E-state index in [2.05, 4.69) is 30.2 Å². The first-order valence-electron chi connectivity index (χ1n) is 13.0. The minimum atomic E-state index is -3.66. The Morgan fingerprint density at radius 1 is 0.875 bits per heavy atom. The number of likely N-dealkylation sites (tertiary alicyclic amines) is 1. The number of aromatic nitrogens is 2. The van der Waals surface area contributed by atoms with Crippen LogP contribution in [0.2, 0.25) is 0 Å². The molecular formula is C29H30F2N6O2S. The summed E-state index contributed by atoms with van der Waals surface area (Å²) in [4.78, 5) is 11.0. The second-order valence-electron chi connectivity index (χ2n) is 9.70. The number of anilines is 3. The quantitative estimate of drug-likeness (QED) is 0.248. The summed E-state index contributed by atoms with van der Waals surface area (Å²) in [6.45, 7) is 2.51. The van der Waals surface area contributed by atoms with Gasteiger partial charge >= 0.3 is 0 Å². The van der Waals surface area contributed by atoms with Gasteiger partial charge in [0, 0.05) is 44.1 Å². The number of sulfonamides is 1. The minimum absolute atomic E-state index is 0.150. The van der Waals surface area contributed by atoms with Gasteiger partial charge in [-0.25, -0.2) is 26.9 Å². The first-order chi connectivity index (χ1) is 19.3. The van der Waals surface area contributed by atoms with E-state index in [1.54, 1.807) is 54.7 Å². The molecule has 3 aromatic carbocycles. The van der Waals surface area contributed by atoms with Gasteiger partial charge in [0.2, 0.25) is 16.0 Å². The molecule has 5 rings (SSSR count). The maximum absolute atomic E-state index is 13.5. The first kappa shape index (κ1) is 27.6. The average molecular weight is 565 g/mol. The van der Waals surface area contributed by atoms with Crippen LogP contribution in [0.15, 0.2) is 90.0 Å². The van der Waals surface area contributed by atoms with Crippen LogP contribution in [-0.2, 0) is 23.1 Å². The normalized spacial score (nSPS) is 14.7. The second kappa shape index (κ2) is 12.5. The van der Waals surface area contributed by atoms with Gasteiger partial charge in [-0.05, 0) is 78.6 Å². The molecule has 208 valence electrons. The fourth-order valence-corrected chi connectivity index (χ4v) is 5.86. The van der Waals surface area contributed by atoms with Gasteiger partial charge < -0.3 is 10.6 Å². The van der Waals surface area contributed by atoms with Crippen LogP contribution in [0.5, 0.6) is 0 Å². The first-order valence-corrected chi connectivity index (χ1v) is 14.5. The molecule has 40 heavy (non-hydrogen) atoms. The van der Waals surface area contributed by atoms with Crippen LogP contribution in [-0.4, -0.2) is 42.4 Å². The molecule has 0 saturated carbocycles. The molecule has 8 nitrogen and oxygen atoms in total. The van der Waals surface area contributed by atoms with Crippen LogP contribution >= 0.6 is 0 Å². The largest absolute Gasteiger partial charge is 0.350 e. The monoisotopic (exact) mass is 564 g/mol. The Morgan fingerprint density at radius 2 is 1.62 bits per heavy atom. The van der Waals surface area contributed by atoms with Gasteiger partial charge in [-0.2, -0.15) is 4.98 Å². The molecule has 3 N–H and O–H groups in total. The number of nitrogens with zero attached hydrogens (tertiary/aromatic N) is 3. The van der Waals surface area contributed by atoms with Crippen LogP contribution in [0.25, 0.3) is 0 Å². The number of halogens is 2. The summed E-state index contributed by atoms with van der Waals surface area (Å²) in [5.74, 6) is 0.385. The Bertz CT molecular complexity index is 1530. The molecule has 1 aromatic heterocycles. The molecule has 0 aliphatic carbocycles. The third kappa shape index (κ3) is 7.59. The lowest BCUT2D eigenvalue weighted by atomic mass is 10.1. The van der Waals surface area contributed by atoms with E-state index >= 15 is 0 Å². The van der Waals surface area contributed by atoms with Gasteiger partial charge in [-0.3, -0.25) is 4.90 Å². The Kier molecular flexibility index (Phi) is 8.63. The van der Waals surface area contributed by atoms with Crippen molar-refractivity contribution in [3.63, 3.8) is 0 Å². The topological polar surface area (TPSA) is 99.3 Å². The molecule has 1 fully saturated rings. The number of hydrogen-bond donors (Lipinski definition) is 3. The lowest BCUT2D eigenvalue weighted by molar-refractivity contribution is 0.199. The van der Waals surface area contributed by atoms with Crippen molar-refractivity contribution in [2.45, 2.75) is 36.9 Å². The zero-order valence-corrected chi connectivity index (χ0v) is 22.5. The van der Waals surface area contributed by atoms with E-state index in [4.69, 9.17) is 0 Å². The second-order valence-corrected chi connectivity index (χ2v) is 11.4. The summed E-state index contributed by atoms with van der Waals surface area (Å²) in [5, 5.41) is 6.23. The van der Waals surface area contributed by atoms with Gasteiger partial charge in [0.15, 0.2) is 0 Å². The number of nitrogens with one attached hydrogen (secondary N) is 3. The molecule has 0 spiro atoms. The van der Waals surface area contributed by atoms with Crippen molar-refractivity contribution in [1.82, 2.24) is 19.6 Å². The van der Waals surface area contributed by atoms with E-state index < -0.39 is 10.0 Å². The predicted molar refractivity (Wildman–Crippen MR) is 151 cm³/mol. The Morgan fingerprint density at radius 3 is 2.35 bits per heavy atom. The Labute approximate surface area is 232 Å². The highest BCUT2D eigenvalue weighted by atomic mass is 32.2. The van der Waals surface area contributed by atoms with Crippen LogP contribution in [0.4, 0.5) is 26.2 Å². The highest BCUT2D eigenvalue weighted by molar-refractivity contribution is 7.89. The van der Waals surface area contributed by atoms with Gasteiger partial charge in [0.25, 0.3) is 0 Å². The zero-order chi connectivity index (χ0) is 28.0. The number of benzene rings is 3.